The summed E-state index contributed by atoms with van der Waals surface area (Å²) < 4.78 is 2.00. The van der Waals surface area contributed by atoms with E-state index in [0.29, 0.717) is 17.0 Å². The van der Waals surface area contributed by atoms with Crippen molar-refractivity contribution in [2.75, 3.05) is 5.73 Å². The summed E-state index contributed by atoms with van der Waals surface area (Å²) in [5.41, 5.74) is 6.66. The first kappa shape index (κ1) is 15.2. The molecule has 1 saturated carbocycles. The van der Waals surface area contributed by atoms with Crippen LogP contribution in [0.25, 0.3) is 0 Å². The van der Waals surface area contributed by atoms with Crippen LogP contribution < -0.4 is 5.73 Å². The van der Waals surface area contributed by atoms with Crippen molar-refractivity contribution in [3.8, 4) is 0 Å². The molecule has 0 spiro atoms. The molecule has 118 valence electrons. The van der Waals surface area contributed by atoms with E-state index in [0.717, 1.165) is 24.4 Å². The molecule has 3 rings (SSSR count). The third kappa shape index (κ3) is 3.37. The van der Waals surface area contributed by atoms with Crippen LogP contribution in [0, 0.1) is 6.92 Å². The second kappa shape index (κ2) is 6.60. The van der Waals surface area contributed by atoms with E-state index in [2.05, 4.69) is 32.4 Å². The van der Waals surface area contributed by atoms with Gasteiger partial charge in [0.2, 0.25) is 0 Å². The van der Waals surface area contributed by atoms with Gasteiger partial charge in [-0.2, -0.15) is 0 Å². The van der Waals surface area contributed by atoms with Gasteiger partial charge in [0.1, 0.15) is 5.82 Å². The fourth-order valence-corrected chi connectivity index (χ4v) is 3.81. The molecule has 0 bridgehead atoms. The highest BCUT2D eigenvalue weighted by molar-refractivity contribution is 7.99. The van der Waals surface area contributed by atoms with Crippen LogP contribution in [0.4, 0.5) is 5.82 Å². The molecule has 1 aliphatic rings. The van der Waals surface area contributed by atoms with E-state index in [1.54, 1.807) is 17.8 Å². The number of rotatable bonds is 4. The minimum absolute atomic E-state index is 0.0816. The summed E-state index contributed by atoms with van der Waals surface area (Å²) in [7, 11) is 0. The highest BCUT2D eigenvalue weighted by Crippen LogP contribution is 2.35. The Kier molecular flexibility index (Phi) is 4.56. The molecule has 22 heavy (non-hydrogen) atoms. The molecular formula is C14H21N7S. The van der Waals surface area contributed by atoms with Crippen LogP contribution in [0.1, 0.15) is 61.8 Å². The first-order valence-electron chi connectivity index (χ1n) is 7.69. The predicted molar refractivity (Wildman–Crippen MR) is 85.4 cm³/mol. The molecule has 2 N–H and O–H groups in total. The zero-order chi connectivity index (χ0) is 15.5. The first-order valence-corrected chi connectivity index (χ1v) is 8.57. The Morgan fingerprint density at radius 3 is 2.77 bits per heavy atom. The van der Waals surface area contributed by atoms with Gasteiger partial charge >= 0.3 is 0 Å². The highest BCUT2D eigenvalue weighted by Gasteiger charge is 2.24. The van der Waals surface area contributed by atoms with Crippen LogP contribution >= 0.6 is 11.8 Å². The van der Waals surface area contributed by atoms with Crippen molar-refractivity contribution >= 4 is 17.6 Å². The van der Waals surface area contributed by atoms with Crippen LogP contribution in [-0.2, 0) is 0 Å². The lowest BCUT2D eigenvalue weighted by Crippen LogP contribution is -2.17. The van der Waals surface area contributed by atoms with Gasteiger partial charge in [-0.05, 0) is 37.1 Å². The molecule has 1 fully saturated rings. The second-order valence-corrected chi connectivity index (χ2v) is 7.06. The Bertz CT molecular complexity index is 616. The second-order valence-electron chi connectivity index (χ2n) is 5.75. The standard InChI is InChI=1S/C14H21N7S/c1-9-8-12(15)17-14(16-9)22-10(2)13-18-19-20-21(13)11-6-4-3-5-7-11/h8,10-11H,3-7H2,1-2H3,(H2,15,16,17). The number of nitrogens with two attached hydrogens (primary N) is 1. The molecule has 0 aliphatic heterocycles. The quantitative estimate of drug-likeness (QED) is 0.683. The lowest BCUT2D eigenvalue weighted by atomic mass is 9.95. The smallest absolute Gasteiger partial charge is 0.190 e. The number of aryl methyl sites for hydroxylation is 1. The summed E-state index contributed by atoms with van der Waals surface area (Å²) in [4.78, 5) is 8.70. The Labute approximate surface area is 134 Å². The summed E-state index contributed by atoms with van der Waals surface area (Å²) in [6.45, 7) is 4.00. The number of thioether (sulfide) groups is 1. The zero-order valence-corrected chi connectivity index (χ0v) is 13.8. The molecule has 0 amide bonds. The summed E-state index contributed by atoms with van der Waals surface area (Å²) in [5, 5.41) is 13.1. The summed E-state index contributed by atoms with van der Waals surface area (Å²) in [6.07, 6.45) is 6.13. The van der Waals surface area contributed by atoms with E-state index in [-0.39, 0.29) is 5.25 Å². The zero-order valence-electron chi connectivity index (χ0n) is 12.9. The van der Waals surface area contributed by atoms with Crippen molar-refractivity contribution in [3.05, 3.63) is 17.6 Å². The number of anilines is 1. The maximum absolute atomic E-state index is 5.79. The fraction of sp³-hybridized carbons (Fsp3) is 0.643. The van der Waals surface area contributed by atoms with E-state index < -0.39 is 0 Å². The van der Waals surface area contributed by atoms with E-state index >= 15 is 0 Å². The Hall–Kier alpha value is -1.70. The number of aromatic nitrogens is 6. The monoisotopic (exact) mass is 319 g/mol. The molecule has 1 atom stereocenters. The number of hydrogen-bond acceptors (Lipinski definition) is 7. The first-order chi connectivity index (χ1) is 10.6. The van der Waals surface area contributed by atoms with E-state index in [1.807, 2.05) is 11.6 Å². The summed E-state index contributed by atoms with van der Waals surface area (Å²) in [6, 6.07) is 2.19. The van der Waals surface area contributed by atoms with Gasteiger partial charge in [0, 0.05) is 11.8 Å². The van der Waals surface area contributed by atoms with Crippen molar-refractivity contribution in [2.45, 2.75) is 62.4 Å². The molecule has 0 aromatic carbocycles. The number of tetrazole rings is 1. The van der Waals surface area contributed by atoms with Crippen molar-refractivity contribution in [1.29, 1.82) is 0 Å². The number of hydrogen-bond donors (Lipinski definition) is 1. The van der Waals surface area contributed by atoms with E-state index in [1.165, 1.54) is 19.3 Å². The topological polar surface area (TPSA) is 95.4 Å². The van der Waals surface area contributed by atoms with Crippen molar-refractivity contribution < 1.29 is 0 Å². The maximum Gasteiger partial charge on any atom is 0.190 e. The summed E-state index contributed by atoms with van der Waals surface area (Å²) >= 11 is 1.54. The molecule has 0 saturated heterocycles. The predicted octanol–water partition coefficient (Wildman–Crippen LogP) is 2.71. The number of nitrogen functional groups attached to an aromatic ring is 1. The molecule has 0 radical (unpaired) electrons. The molecule has 1 aliphatic carbocycles. The van der Waals surface area contributed by atoms with Gasteiger partial charge in [-0.25, -0.2) is 14.6 Å². The minimum atomic E-state index is 0.0816. The lowest BCUT2D eigenvalue weighted by molar-refractivity contribution is 0.317. The van der Waals surface area contributed by atoms with Crippen LogP contribution in [-0.4, -0.2) is 30.2 Å². The van der Waals surface area contributed by atoms with Crippen LogP contribution in [0.15, 0.2) is 11.2 Å². The average Bonchev–Trinajstić information content (AvgIpc) is 2.96. The van der Waals surface area contributed by atoms with Crippen molar-refractivity contribution in [3.63, 3.8) is 0 Å². The lowest BCUT2D eigenvalue weighted by Gasteiger charge is -2.23. The molecule has 2 heterocycles. The van der Waals surface area contributed by atoms with Crippen LogP contribution in [0.5, 0.6) is 0 Å². The SMILES string of the molecule is Cc1cc(N)nc(SC(C)c2nnnn2C2CCCCC2)n1. The van der Waals surface area contributed by atoms with E-state index in [9.17, 15) is 0 Å². The van der Waals surface area contributed by atoms with Gasteiger partial charge in [0.15, 0.2) is 11.0 Å². The average molecular weight is 319 g/mol. The minimum Gasteiger partial charge on any atom is -0.384 e. The highest BCUT2D eigenvalue weighted by atomic mass is 32.2. The molecule has 2 aromatic heterocycles. The third-order valence-corrected chi connectivity index (χ3v) is 4.90. The fourth-order valence-electron chi connectivity index (χ4n) is 2.88. The van der Waals surface area contributed by atoms with Crippen molar-refractivity contribution in [1.82, 2.24) is 30.2 Å². The van der Waals surface area contributed by atoms with Gasteiger partial charge in [0.05, 0.1) is 11.3 Å². The van der Waals surface area contributed by atoms with Gasteiger partial charge in [0.25, 0.3) is 0 Å². The normalized spacial score (nSPS) is 17.5. The van der Waals surface area contributed by atoms with Gasteiger partial charge < -0.3 is 5.73 Å². The van der Waals surface area contributed by atoms with E-state index in [4.69, 9.17) is 5.73 Å². The van der Waals surface area contributed by atoms with Crippen molar-refractivity contribution in [2.24, 2.45) is 0 Å². The maximum atomic E-state index is 5.79. The van der Waals surface area contributed by atoms with Gasteiger partial charge in [-0.3, -0.25) is 0 Å². The Balaban J connectivity index is 1.77. The van der Waals surface area contributed by atoms with Crippen LogP contribution in [0.2, 0.25) is 0 Å². The Morgan fingerprint density at radius 2 is 2.05 bits per heavy atom. The van der Waals surface area contributed by atoms with Crippen LogP contribution in [0.3, 0.4) is 0 Å². The molecule has 8 heteroatoms. The van der Waals surface area contributed by atoms with Gasteiger partial charge in [-0.15, -0.1) is 5.10 Å². The third-order valence-electron chi connectivity index (χ3n) is 3.94. The Morgan fingerprint density at radius 1 is 1.27 bits per heavy atom. The molecule has 7 nitrogen and oxygen atoms in total. The largest absolute Gasteiger partial charge is 0.384 e. The summed E-state index contributed by atoms with van der Waals surface area (Å²) in [5.74, 6) is 1.38. The molecular weight excluding hydrogens is 298 g/mol. The number of nitrogens with zero attached hydrogens (tertiary/aromatic N) is 6. The molecule has 2 aromatic rings. The van der Waals surface area contributed by atoms with Gasteiger partial charge in [-0.1, -0.05) is 31.0 Å². The molecule has 1 unspecified atom stereocenters.